The van der Waals surface area contributed by atoms with Crippen LogP contribution >= 0.6 is 0 Å². The number of hydrogen-bond acceptors (Lipinski definition) is 2. The fourth-order valence-electron chi connectivity index (χ4n) is 2.87. The molecule has 0 bridgehead atoms. The average Bonchev–Trinajstić information content (AvgIpc) is 2.51. The molecule has 0 atom stereocenters. The molecule has 0 aromatic heterocycles. The first-order valence-corrected chi connectivity index (χ1v) is 8.80. The Hall–Kier alpha value is -1.64. The lowest BCUT2D eigenvalue weighted by atomic mass is 9.93. The van der Waals surface area contributed by atoms with Crippen molar-refractivity contribution < 1.29 is 10.2 Å². The van der Waals surface area contributed by atoms with Crippen LogP contribution in [0.5, 0.6) is 0 Å². The smallest absolute Gasteiger partial charge is 0.0840 e. The van der Waals surface area contributed by atoms with Crippen molar-refractivity contribution in [1.29, 1.82) is 0 Å². The van der Waals surface area contributed by atoms with E-state index in [4.69, 9.17) is 0 Å². The first-order chi connectivity index (χ1) is 11.2. The number of benzene rings is 2. The zero-order valence-corrected chi connectivity index (χ0v) is 15.3. The SMILES string of the molecule is CC(C)(O)c1cccc(CCCCc2cccc(C(C)(C)O)c2)c1. The second kappa shape index (κ2) is 7.50. The van der Waals surface area contributed by atoms with Crippen LogP contribution in [0.2, 0.25) is 0 Å². The third-order valence-electron chi connectivity index (χ3n) is 4.45. The van der Waals surface area contributed by atoms with E-state index in [1.54, 1.807) is 0 Å². The maximum Gasteiger partial charge on any atom is 0.0840 e. The number of aryl methyl sites for hydroxylation is 2. The van der Waals surface area contributed by atoms with Crippen molar-refractivity contribution in [3.8, 4) is 0 Å². The van der Waals surface area contributed by atoms with Gasteiger partial charge in [-0.15, -0.1) is 0 Å². The second-order valence-electron chi connectivity index (χ2n) is 7.73. The maximum absolute atomic E-state index is 10.1. The number of aliphatic hydroxyl groups is 2. The molecule has 0 unspecified atom stereocenters. The monoisotopic (exact) mass is 326 g/mol. The van der Waals surface area contributed by atoms with Crippen molar-refractivity contribution >= 4 is 0 Å². The molecule has 2 nitrogen and oxygen atoms in total. The molecule has 2 aromatic carbocycles. The molecule has 2 aromatic rings. The van der Waals surface area contributed by atoms with Gasteiger partial charge in [0.2, 0.25) is 0 Å². The predicted molar refractivity (Wildman–Crippen MR) is 100 cm³/mol. The number of hydrogen-bond donors (Lipinski definition) is 2. The van der Waals surface area contributed by atoms with Crippen LogP contribution in [0.15, 0.2) is 48.5 Å². The molecule has 0 radical (unpaired) electrons. The van der Waals surface area contributed by atoms with Gasteiger partial charge in [0.25, 0.3) is 0 Å². The van der Waals surface area contributed by atoms with E-state index in [0.717, 1.165) is 36.8 Å². The van der Waals surface area contributed by atoms with Gasteiger partial charge in [0, 0.05) is 0 Å². The minimum absolute atomic E-state index is 0.784. The van der Waals surface area contributed by atoms with Gasteiger partial charge in [0.15, 0.2) is 0 Å². The minimum Gasteiger partial charge on any atom is -0.386 e. The first kappa shape index (κ1) is 18.7. The molecule has 0 aliphatic carbocycles. The zero-order valence-electron chi connectivity index (χ0n) is 15.3. The van der Waals surface area contributed by atoms with E-state index in [9.17, 15) is 10.2 Å². The van der Waals surface area contributed by atoms with E-state index >= 15 is 0 Å². The highest BCUT2D eigenvalue weighted by Gasteiger charge is 2.16. The van der Waals surface area contributed by atoms with Gasteiger partial charge in [0.05, 0.1) is 11.2 Å². The Kier molecular flexibility index (Phi) is 5.84. The van der Waals surface area contributed by atoms with E-state index in [2.05, 4.69) is 24.3 Å². The molecule has 2 N–H and O–H groups in total. The highest BCUT2D eigenvalue weighted by Crippen LogP contribution is 2.23. The van der Waals surface area contributed by atoms with E-state index in [0.29, 0.717) is 0 Å². The standard InChI is InChI=1S/C22H30O2/c1-21(2,23)19-13-7-11-17(15-19)9-5-6-10-18-12-8-14-20(16-18)22(3,4)24/h7-8,11-16,23-24H,5-6,9-10H2,1-4H3. The van der Waals surface area contributed by atoms with Crippen LogP contribution in [0.4, 0.5) is 0 Å². The van der Waals surface area contributed by atoms with E-state index in [-0.39, 0.29) is 0 Å². The molecule has 0 saturated heterocycles. The molecule has 0 fully saturated rings. The summed E-state index contributed by atoms with van der Waals surface area (Å²) >= 11 is 0. The highest BCUT2D eigenvalue weighted by molar-refractivity contribution is 5.28. The number of unbranched alkanes of at least 4 members (excludes halogenated alkanes) is 1. The van der Waals surface area contributed by atoms with E-state index in [1.165, 1.54) is 11.1 Å². The summed E-state index contributed by atoms with van der Waals surface area (Å²) < 4.78 is 0. The third kappa shape index (κ3) is 5.47. The predicted octanol–water partition coefficient (Wildman–Crippen LogP) is 4.71. The number of rotatable bonds is 7. The Morgan fingerprint density at radius 3 is 1.38 bits per heavy atom. The van der Waals surface area contributed by atoms with Crippen molar-refractivity contribution in [3.05, 3.63) is 70.8 Å². The van der Waals surface area contributed by atoms with E-state index < -0.39 is 11.2 Å². The normalized spacial score (nSPS) is 12.4. The molecular formula is C22H30O2. The molecule has 0 aliphatic heterocycles. The van der Waals surface area contributed by atoms with Gasteiger partial charge in [-0.3, -0.25) is 0 Å². The summed E-state index contributed by atoms with van der Waals surface area (Å²) in [7, 11) is 0. The van der Waals surface area contributed by atoms with Gasteiger partial charge in [-0.05, 0) is 75.6 Å². The Labute approximate surface area is 146 Å². The van der Waals surface area contributed by atoms with E-state index in [1.807, 2.05) is 52.0 Å². The molecule has 0 heterocycles. The zero-order chi connectivity index (χ0) is 17.8. The van der Waals surface area contributed by atoms with Gasteiger partial charge < -0.3 is 10.2 Å². The summed E-state index contributed by atoms with van der Waals surface area (Å²) in [5.41, 5.74) is 2.93. The van der Waals surface area contributed by atoms with Crippen LogP contribution in [0.3, 0.4) is 0 Å². The fraction of sp³-hybridized carbons (Fsp3) is 0.455. The minimum atomic E-state index is -0.784. The lowest BCUT2D eigenvalue weighted by Crippen LogP contribution is -2.15. The fourth-order valence-corrected chi connectivity index (χ4v) is 2.87. The average molecular weight is 326 g/mol. The van der Waals surface area contributed by atoms with Gasteiger partial charge in [-0.2, -0.15) is 0 Å². The van der Waals surface area contributed by atoms with Crippen LogP contribution in [-0.4, -0.2) is 10.2 Å². The summed E-state index contributed by atoms with van der Waals surface area (Å²) in [6.45, 7) is 7.28. The Bertz CT molecular complexity index is 601. The van der Waals surface area contributed by atoms with Crippen LogP contribution in [-0.2, 0) is 24.0 Å². The third-order valence-corrected chi connectivity index (χ3v) is 4.45. The summed E-state index contributed by atoms with van der Waals surface area (Å²) in [5, 5.41) is 20.2. The van der Waals surface area contributed by atoms with Gasteiger partial charge in [0.1, 0.15) is 0 Å². The second-order valence-corrected chi connectivity index (χ2v) is 7.73. The summed E-state index contributed by atoms with van der Waals surface area (Å²) in [4.78, 5) is 0. The molecule has 2 rings (SSSR count). The van der Waals surface area contributed by atoms with Crippen molar-refractivity contribution in [2.75, 3.05) is 0 Å². The van der Waals surface area contributed by atoms with Crippen LogP contribution < -0.4 is 0 Å². The van der Waals surface area contributed by atoms with Crippen molar-refractivity contribution in [2.45, 2.75) is 64.6 Å². The molecule has 2 heteroatoms. The van der Waals surface area contributed by atoms with Crippen LogP contribution in [0.1, 0.15) is 62.8 Å². The Balaban J connectivity index is 1.88. The summed E-state index contributed by atoms with van der Waals surface area (Å²) in [6.07, 6.45) is 4.27. The molecule has 130 valence electrons. The Morgan fingerprint density at radius 1 is 0.667 bits per heavy atom. The largest absolute Gasteiger partial charge is 0.386 e. The van der Waals surface area contributed by atoms with Crippen LogP contribution in [0, 0.1) is 0 Å². The highest BCUT2D eigenvalue weighted by atomic mass is 16.3. The molecular weight excluding hydrogens is 296 g/mol. The molecule has 0 saturated carbocycles. The lowest BCUT2D eigenvalue weighted by Gasteiger charge is -2.19. The van der Waals surface area contributed by atoms with Crippen molar-refractivity contribution in [3.63, 3.8) is 0 Å². The van der Waals surface area contributed by atoms with Gasteiger partial charge in [-0.25, -0.2) is 0 Å². The lowest BCUT2D eigenvalue weighted by molar-refractivity contribution is 0.0779. The molecule has 24 heavy (non-hydrogen) atoms. The Morgan fingerprint density at radius 2 is 1.04 bits per heavy atom. The maximum atomic E-state index is 10.1. The van der Waals surface area contributed by atoms with Crippen LogP contribution in [0.25, 0.3) is 0 Å². The van der Waals surface area contributed by atoms with Gasteiger partial charge in [-0.1, -0.05) is 48.5 Å². The molecule has 0 aliphatic rings. The molecule has 0 amide bonds. The topological polar surface area (TPSA) is 40.5 Å². The van der Waals surface area contributed by atoms with Crippen molar-refractivity contribution in [2.24, 2.45) is 0 Å². The quantitative estimate of drug-likeness (QED) is 0.724. The first-order valence-electron chi connectivity index (χ1n) is 8.80. The van der Waals surface area contributed by atoms with Gasteiger partial charge >= 0.3 is 0 Å². The summed E-state index contributed by atoms with van der Waals surface area (Å²) in [5.74, 6) is 0. The van der Waals surface area contributed by atoms with Crippen molar-refractivity contribution in [1.82, 2.24) is 0 Å². The molecule has 0 spiro atoms. The summed E-state index contributed by atoms with van der Waals surface area (Å²) in [6, 6.07) is 16.5.